The van der Waals surface area contributed by atoms with Crippen molar-refractivity contribution in [3.63, 3.8) is 0 Å². The van der Waals surface area contributed by atoms with Gasteiger partial charge < -0.3 is 10.6 Å². The summed E-state index contributed by atoms with van der Waals surface area (Å²) in [4.78, 5) is 0. The van der Waals surface area contributed by atoms with Gasteiger partial charge in [0.25, 0.3) is 0 Å². The molecule has 3 nitrogen and oxygen atoms in total. The lowest BCUT2D eigenvalue weighted by Crippen LogP contribution is -2.29. The van der Waals surface area contributed by atoms with Crippen LogP contribution in [0.4, 0.5) is 5.69 Å². The van der Waals surface area contributed by atoms with E-state index in [1.54, 1.807) is 0 Å². The highest BCUT2D eigenvalue weighted by Crippen LogP contribution is 2.18. The molecule has 1 aliphatic rings. The van der Waals surface area contributed by atoms with Crippen molar-refractivity contribution in [2.45, 2.75) is 38.3 Å². The molecule has 0 spiro atoms. The zero-order chi connectivity index (χ0) is 12.1. The third-order valence-electron chi connectivity index (χ3n) is 3.25. The van der Waals surface area contributed by atoms with Crippen molar-refractivity contribution in [3.8, 4) is 6.07 Å². The Morgan fingerprint density at radius 1 is 1.53 bits per heavy atom. The van der Waals surface area contributed by atoms with Crippen LogP contribution in [0.1, 0.15) is 31.7 Å². The minimum absolute atomic E-state index is 0.389. The van der Waals surface area contributed by atoms with Gasteiger partial charge in [0, 0.05) is 12.1 Å². The molecule has 3 heteroatoms. The summed E-state index contributed by atoms with van der Waals surface area (Å²) >= 11 is 0. The molecule has 1 fully saturated rings. The standard InChI is InChI=1S/C14H19N3/c1-11(9-13-6-4-8-16-13)17-14-7-3-2-5-12(14)10-15/h2-3,5,7,11,13,16-17H,4,6,8-9H2,1H3. The van der Waals surface area contributed by atoms with E-state index in [9.17, 15) is 0 Å². The van der Waals surface area contributed by atoms with Crippen molar-refractivity contribution >= 4 is 5.69 Å². The van der Waals surface area contributed by atoms with E-state index in [0.717, 1.165) is 24.2 Å². The van der Waals surface area contributed by atoms with Crippen molar-refractivity contribution in [1.29, 1.82) is 5.26 Å². The summed E-state index contributed by atoms with van der Waals surface area (Å²) in [5.74, 6) is 0. The van der Waals surface area contributed by atoms with Crippen molar-refractivity contribution in [1.82, 2.24) is 5.32 Å². The lowest BCUT2D eigenvalue weighted by Gasteiger charge is -2.19. The molecule has 90 valence electrons. The number of nitriles is 1. The highest BCUT2D eigenvalue weighted by atomic mass is 15.0. The Labute approximate surface area is 103 Å². The first kappa shape index (κ1) is 11.9. The first-order valence-corrected chi connectivity index (χ1v) is 6.28. The number of benzene rings is 1. The number of para-hydroxylation sites is 1. The fraction of sp³-hybridized carbons (Fsp3) is 0.500. The Morgan fingerprint density at radius 3 is 3.06 bits per heavy atom. The molecule has 2 unspecified atom stereocenters. The number of nitrogens with one attached hydrogen (secondary N) is 2. The van der Waals surface area contributed by atoms with Crippen LogP contribution in [0.3, 0.4) is 0 Å². The lowest BCUT2D eigenvalue weighted by atomic mass is 10.1. The molecule has 0 radical (unpaired) electrons. The average molecular weight is 229 g/mol. The monoisotopic (exact) mass is 229 g/mol. The van der Waals surface area contributed by atoms with Gasteiger partial charge >= 0.3 is 0 Å². The zero-order valence-electron chi connectivity index (χ0n) is 10.2. The second-order valence-corrected chi connectivity index (χ2v) is 4.73. The van der Waals surface area contributed by atoms with Crippen molar-refractivity contribution in [3.05, 3.63) is 29.8 Å². The number of nitrogens with zero attached hydrogens (tertiary/aromatic N) is 1. The molecule has 1 heterocycles. The first-order valence-electron chi connectivity index (χ1n) is 6.28. The molecule has 2 atom stereocenters. The molecule has 17 heavy (non-hydrogen) atoms. The largest absolute Gasteiger partial charge is 0.381 e. The van der Waals surface area contributed by atoms with Gasteiger partial charge in [-0.25, -0.2) is 0 Å². The summed E-state index contributed by atoms with van der Waals surface area (Å²) in [6, 6.07) is 10.9. The quantitative estimate of drug-likeness (QED) is 0.834. The summed E-state index contributed by atoms with van der Waals surface area (Å²) in [6.45, 7) is 3.32. The predicted octanol–water partition coefficient (Wildman–Crippen LogP) is 2.50. The zero-order valence-corrected chi connectivity index (χ0v) is 10.2. The van der Waals surface area contributed by atoms with E-state index in [-0.39, 0.29) is 0 Å². The van der Waals surface area contributed by atoms with E-state index in [4.69, 9.17) is 5.26 Å². The third-order valence-corrected chi connectivity index (χ3v) is 3.25. The topological polar surface area (TPSA) is 47.8 Å². The molecular formula is C14H19N3. The van der Waals surface area contributed by atoms with E-state index in [0.29, 0.717) is 12.1 Å². The molecule has 0 bridgehead atoms. The molecule has 0 aliphatic carbocycles. The normalized spacial score (nSPS) is 20.8. The van der Waals surface area contributed by atoms with E-state index in [2.05, 4.69) is 23.6 Å². The Balaban J connectivity index is 1.93. The minimum atomic E-state index is 0.389. The molecule has 2 rings (SSSR count). The third kappa shape index (κ3) is 3.21. The van der Waals surface area contributed by atoms with Crippen LogP contribution >= 0.6 is 0 Å². The fourth-order valence-corrected chi connectivity index (χ4v) is 2.42. The van der Waals surface area contributed by atoms with Gasteiger partial charge in [0.2, 0.25) is 0 Å². The predicted molar refractivity (Wildman–Crippen MR) is 69.9 cm³/mol. The van der Waals surface area contributed by atoms with E-state index < -0.39 is 0 Å². The Morgan fingerprint density at radius 2 is 2.35 bits per heavy atom. The van der Waals surface area contributed by atoms with Crippen LogP contribution in [0.2, 0.25) is 0 Å². The lowest BCUT2D eigenvalue weighted by molar-refractivity contribution is 0.523. The summed E-state index contributed by atoms with van der Waals surface area (Å²) in [5.41, 5.74) is 1.67. The SMILES string of the molecule is CC(CC1CCCN1)Nc1ccccc1C#N. The van der Waals surface area contributed by atoms with Crippen LogP contribution in [-0.4, -0.2) is 18.6 Å². The van der Waals surface area contributed by atoms with Gasteiger partial charge in [-0.15, -0.1) is 0 Å². The first-order chi connectivity index (χ1) is 8.29. The average Bonchev–Trinajstić information content (AvgIpc) is 2.82. The molecule has 0 aromatic heterocycles. The molecule has 0 saturated carbocycles. The minimum Gasteiger partial charge on any atom is -0.381 e. The van der Waals surface area contributed by atoms with Crippen molar-refractivity contribution < 1.29 is 0 Å². The smallest absolute Gasteiger partial charge is 0.101 e. The van der Waals surface area contributed by atoms with E-state index in [1.165, 1.54) is 12.8 Å². The van der Waals surface area contributed by atoms with E-state index in [1.807, 2.05) is 24.3 Å². The molecular weight excluding hydrogens is 210 g/mol. The molecule has 1 aromatic carbocycles. The summed E-state index contributed by atoms with van der Waals surface area (Å²) in [7, 11) is 0. The van der Waals surface area contributed by atoms with Gasteiger partial charge in [0.15, 0.2) is 0 Å². The van der Waals surface area contributed by atoms with Crippen LogP contribution in [0.25, 0.3) is 0 Å². The maximum Gasteiger partial charge on any atom is 0.101 e. The fourth-order valence-electron chi connectivity index (χ4n) is 2.42. The second kappa shape index (κ2) is 5.70. The molecule has 1 saturated heterocycles. The number of anilines is 1. The van der Waals surface area contributed by atoms with Crippen LogP contribution < -0.4 is 10.6 Å². The van der Waals surface area contributed by atoms with Gasteiger partial charge in [0.05, 0.1) is 11.3 Å². The van der Waals surface area contributed by atoms with Crippen molar-refractivity contribution in [2.75, 3.05) is 11.9 Å². The Hall–Kier alpha value is -1.53. The van der Waals surface area contributed by atoms with Gasteiger partial charge in [-0.1, -0.05) is 12.1 Å². The number of rotatable bonds is 4. The summed E-state index contributed by atoms with van der Waals surface area (Å²) < 4.78 is 0. The molecule has 0 amide bonds. The van der Waals surface area contributed by atoms with Crippen LogP contribution in [-0.2, 0) is 0 Å². The number of hydrogen-bond acceptors (Lipinski definition) is 3. The second-order valence-electron chi connectivity index (χ2n) is 4.73. The van der Waals surface area contributed by atoms with Crippen LogP contribution in [0, 0.1) is 11.3 Å². The number of hydrogen-bond donors (Lipinski definition) is 2. The van der Waals surface area contributed by atoms with E-state index >= 15 is 0 Å². The van der Waals surface area contributed by atoms with Crippen LogP contribution in [0.5, 0.6) is 0 Å². The van der Waals surface area contributed by atoms with Gasteiger partial charge in [0.1, 0.15) is 6.07 Å². The van der Waals surface area contributed by atoms with Crippen molar-refractivity contribution in [2.24, 2.45) is 0 Å². The van der Waals surface area contributed by atoms with Crippen LogP contribution in [0.15, 0.2) is 24.3 Å². The summed E-state index contributed by atoms with van der Waals surface area (Å²) in [5, 5.41) is 15.9. The highest BCUT2D eigenvalue weighted by molar-refractivity contribution is 5.57. The Kier molecular flexibility index (Phi) is 4.00. The molecule has 1 aromatic rings. The highest BCUT2D eigenvalue weighted by Gasteiger charge is 2.17. The maximum absolute atomic E-state index is 9.01. The van der Waals surface area contributed by atoms with Gasteiger partial charge in [-0.2, -0.15) is 5.26 Å². The van der Waals surface area contributed by atoms with Gasteiger partial charge in [-0.3, -0.25) is 0 Å². The maximum atomic E-state index is 9.01. The van der Waals surface area contributed by atoms with Gasteiger partial charge in [-0.05, 0) is 44.9 Å². The summed E-state index contributed by atoms with van der Waals surface area (Å²) in [6.07, 6.45) is 3.66. The Bertz CT molecular complexity index is 402. The molecule has 2 N–H and O–H groups in total. The molecule has 1 aliphatic heterocycles.